The molecule has 0 atom stereocenters. The fourth-order valence-corrected chi connectivity index (χ4v) is 2.55. The number of aromatic nitrogens is 1. The van der Waals surface area contributed by atoms with Crippen LogP contribution in [-0.2, 0) is 0 Å². The molecule has 0 amide bonds. The van der Waals surface area contributed by atoms with Crippen molar-refractivity contribution in [1.82, 2.24) is 4.98 Å². The van der Waals surface area contributed by atoms with Crippen LogP contribution in [0.15, 0.2) is 30.3 Å². The van der Waals surface area contributed by atoms with E-state index in [0.717, 1.165) is 16.9 Å². The van der Waals surface area contributed by atoms with Crippen molar-refractivity contribution >= 4 is 24.2 Å². The summed E-state index contributed by atoms with van der Waals surface area (Å²) < 4.78 is 6.06. The Kier molecular flexibility index (Phi) is 2.75. The van der Waals surface area contributed by atoms with Crippen LogP contribution in [0.3, 0.4) is 0 Å². The number of pyridine rings is 1. The molecule has 2 nitrogen and oxygen atoms in total. The summed E-state index contributed by atoms with van der Waals surface area (Å²) in [4.78, 5) is 4.54. The predicted molar refractivity (Wildman–Crippen MR) is 72.8 cm³/mol. The molecule has 3 heteroatoms. The maximum absolute atomic E-state index is 6.06. The highest BCUT2D eigenvalue weighted by atomic mass is 16.5. The van der Waals surface area contributed by atoms with Crippen molar-refractivity contribution < 1.29 is 4.74 Å². The summed E-state index contributed by atoms with van der Waals surface area (Å²) in [6, 6.07) is 10.4. The van der Waals surface area contributed by atoms with Gasteiger partial charge in [-0.15, -0.1) is 0 Å². The van der Waals surface area contributed by atoms with Gasteiger partial charge in [0.15, 0.2) is 7.85 Å². The SMILES string of the molecule is Bc1cc2ccccc2c(OC2CCCC2)n1. The standard InChI is InChI=1S/C14H16BNO/c15-13-9-10-5-1-4-8-12(10)14(16-13)17-11-6-2-3-7-11/h1,4-5,8-9,11H,2-3,6-7,15H2. The minimum atomic E-state index is 0.368. The van der Waals surface area contributed by atoms with E-state index in [1.165, 1.54) is 31.1 Å². The third kappa shape index (κ3) is 2.14. The van der Waals surface area contributed by atoms with Crippen LogP contribution in [0.25, 0.3) is 10.8 Å². The van der Waals surface area contributed by atoms with E-state index in [2.05, 4.69) is 29.2 Å². The minimum Gasteiger partial charge on any atom is -0.474 e. The Hall–Kier alpha value is -1.51. The first-order chi connectivity index (χ1) is 8.33. The molecule has 0 spiro atoms. The molecule has 1 aromatic heterocycles. The van der Waals surface area contributed by atoms with Gasteiger partial charge in [0.25, 0.3) is 0 Å². The second-order valence-electron chi connectivity index (χ2n) is 4.81. The average Bonchev–Trinajstić information content (AvgIpc) is 2.81. The normalized spacial score (nSPS) is 16.5. The number of hydrogen-bond donors (Lipinski definition) is 0. The zero-order valence-corrected chi connectivity index (χ0v) is 10.1. The van der Waals surface area contributed by atoms with Crippen molar-refractivity contribution in [2.24, 2.45) is 0 Å². The van der Waals surface area contributed by atoms with Crippen LogP contribution < -0.4 is 10.3 Å². The van der Waals surface area contributed by atoms with Gasteiger partial charge in [0.2, 0.25) is 5.88 Å². The molecule has 3 rings (SSSR count). The molecule has 0 saturated heterocycles. The van der Waals surface area contributed by atoms with E-state index in [-0.39, 0.29) is 0 Å². The Labute approximate surface area is 102 Å². The van der Waals surface area contributed by atoms with Gasteiger partial charge in [0.1, 0.15) is 6.10 Å². The van der Waals surface area contributed by atoms with Crippen LogP contribution >= 0.6 is 0 Å². The Bertz CT molecular complexity index is 535. The second kappa shape index (κ2) is 4.40. The third-order valence-corrected chi connectivity index (χ3v) is 3.41. The van der Waals surface area contributed by atoms with E-state index >= 15 is 0 Å². The highest BCUT2D eigenvalue weighted by Crippen LogP contribution is 2.27. The minimum absolute atomic E-state index is 0.368. The molecule has 0 unspecified atom stereocenters. The Morgan fingerprint density at radius 1 is 1.18 bits per heavy atom. The lowest BCUT2D eigenvalue weighted by molar-refractivity contribution is 0.205. The lowest BCUT2D eigenvalue weighted by Crippen LogP contribution is -2.16. The molecule has 17 heavy (non-hydrogen) atoms. The van der Waals surface area contributed by atoms with E-state index in [9.17, 15) is 0 Å². The van der Waals surface area contributed by atoms with Crippen LogP contribution in [0.4, 0.5) is 0 Å². The van der Waals surface area contributed by atoms with Gasteiger partial charge >= 0.3 is 0 Å². The van der Waals surface area contributed by atoms with Crippen LogP contribution in [0, 0.1) is 0 Å². The van der Waals surface area contributed by atoms with Crippen LogP contribution in [0.5, 0.6) is 5.88 Å². The third-order valence-electron chi connectivity index (χ3n) is 3.41. The zero-order chi connectivity index (χ0) is 11.7. The fourth-order valence-electron chi connectivity index (χ4n) is 2.55. The van der Waals surface area contributed by atoms with E-state index < -0.39 is 0 Å². The number of nitrogens with zero attached hydrogens (tertiary/aromatic N) is 1. The Balaban J connectivity index is 2.01. The van der Waals surface area contributed by atoms with Gasteiger partial charge in [-0.05, 0) is 48.8 Å². The lowest BCUT2D eigenvalue weighted by Gasteiger charge is -2.14. The molecular weight excluding hydrogens is 209 g/mol. The number of hydrogen-bond acceptors (Lipinski definition) is 2. The quantitative estimate of drug-likeness (QED) is 0.727. The molecule has 1 heterocycles. The largest absolute Gasteiger partial charge is 0.474 e. The monoisotopic (exact) mass is 225 g/mol. The van der Waals surface area contributed by atoms with E-state index in [1.54, 1.807) is 0 Å². The number of benzene rings is 1. The molecular formula is C14H16BNO. The summed E-state index contributed by atoms with van der Waals surface area (Å²) in [5.74, 6) is 0.813. The van der Waals surface area contributed by atoms with Crippen molar-refractivity contribution in [3.05, 3.63) is 30.3 Å². The number of ether oxygens (including phenoxy) is 1. The van der Waals surface area contributed by atoms with Gasteiger partial charge in [0.05, 0.1) is 0 Å². The van der Waals surface area contributed by atoms with Gasteiger partial charge in [-0.3, -0.25) is 0 Å². The number of fused-ring (bicyclic) bond motifs is 1. The summed E-state index contributed by atoms with van der Waals surface area (Å²) in [6.45, 7) is 0. The van der Waals surface area contributed by atoms with Crippen molar-refractivity contribution in [2.45, 2.75) is 31.8 Å². The Morgan fingerprint density at radius 2 is 1.94 bits per heavy atom. The molecule has 1 aliphatic carbocycles. The maximum Gasteiger partial charge on any atom is 0.221 e. The average molecular weight is 225 g/mol. The van der Waals surface area contributed by atoms with E-state index in [1.807, 2.05) is 13.9 Å². The summed E-state index contributed by atoms with van der Waals surface area (Å²) >= 11 is 0. The first-order valence-electron chi connectivity index (χ1n) is 6.36. The van der Waals surface area contributed by atoms with Gasteiger partial charge in [-0.25, -0.2) is 4.98 Å². The van der Waals surface area contributed by atoms with Gasteiger partial charge < -0.3 is 4.74 Å². The fraction of sp³-hybridized carbons (Fsp3) is 0.357. The molecule has 1 saturated carbocycles. The zero-order valence-electron chi connectivity index (χ0n) is 10.1. The van der Waals surface area contributed by atoms with Gasteiger partial charge in [0, 0.05) is 5.39 Å². The highest BCUT2D eigenvalue weighted by Gasteiger charge is 2.18. The molecule has 1 aromatic carbocycles. The number of rotatable bonds is 2. The van der Waals surface area contributed by atoms with Gasteiger partial charge in [-0.1, -0.05) is 18.2 Å². The molecule has 0 radical (unpaired) electrons. The second-order valence-corrected chi connectivity index (χ2v) is 4.81. The van der Waals surface area contributed by atoms with E-state index in [0.29, 0.717) is 6.10 Å². The Morgan fingerprint density at radius 3 is 2.76 bits per heavy atom. The molecule has 0 aliphatic heterocycles. The van der Waals surface area contributed by atoms with E-state index in [4.69, 9.17) is 4.74 Å². The summed E-state index contributed by atoms with van der Waals surface area (Å²) in [7, 11) is 2.02. The first-order valence-corrected chi connectivity index (χ1v) is 6.36. The lowest BCUT2D eigenvalue weighted by atomic mass is 10.0. The van der Waals surface area contributed by atoms with Crippen molar-refractivity contribution in [3.63, 3.8) is 0 Å². The molecule has 1 aliphatic rings. The molecule has 1 fully saturated rings. The van der Waals surface area contributed by atoms with Crippen molar-refractivity contribution in [1.29, 1.82) is 0 Å². The van der Waals surface area contributed by atoms with Crippen LogP contribution in [-0.4, -0.2) is 18.9 Å². The summed E-state index contributed by atoms with van der Waals surface area (Å²) in [5.41, 5.74) is 1.02. The molecule has 86 valence electrons. The first kappa shape index (κ1) is 10.6. The maximum atomic E-state index is 6.06. The van der Waals surface area contributed by atoms with Crippen molar-refractivity contribution in [3.8, 4) is 5.88 Å². The molecule has 0 bridgehead atoms. The van der Waals surface area contributed by atoms with Gasteiger partial charge in [-0.2, -0.15) is 0 Å². The summed E-state index contributed by atoms with van der Waals surface area (Å²) in [5, 5.41) is 2.35. The van der Waals surface area contributed by atoms with Crippen LogP contribution in [0.1, 0.15) is 25.7 Å². The predicted octanol–water partition coefficient (Wildman–Crippen LogP) is 1.81. The smallest absolute Gasteiger partial charge is 0.221 e. The topological polar surface area (TPSA) is 22.1 Å². The molecule has 2 aromatic rings. The highest BCUT2D eigenvalue weighted by molar-refractivity contribution is 6.31. The molecule has 0 N–H and O–H groups in total. The van der Waals surface area contributed by atoms with Crippen LogP contribution in [0.2, 0.25) is 0 Å². The van der Waals surface area contributed by atoms with Crippen molar-refractivity contribution in [2.75, 3.05) is 0 Å². The summed E-state index contributed by atoms with van der Waals surface area (Å²) in [6.07, 6.45) is 5.28.